The van der Waals surface area contributed by atoms with Crippen LogP contribution in [0.4, 0.5) is 11.4 Å². The van der Waals surface area contributed by atoms with Gasteiger partial charge in [0.25, 0.3) is 0 Å². The summed E-state index contributed by atoms with van der Waals surface area (Å²) in [6.07, 6.45) is 9.85. The van der Waals surface area contributed by atoms with Crippen LogP contribution in [0.25, 0.3) is 0 Å². The Kier molecular flexibility index (Phi) is 4.48. The molecule has 2 heterocycles. The van der Waals surface area contributed by atoms with Crippen molar-refractivity contribution in [2.24, 2.45) is 5.92 Å². The molecular weight excluding hydrogens is 282 g/mol. The standard InChI is InChI=1S/C20H30N3/c1-16(17-7-3-2-4-8-17)22-13-11-18(12-14-22)23-15-21-19-9-5-6-10-20(19)23/h5-6,9-10,15-18,21H,2-4,7-8,11-14H2,1H3. The maximum atomic E-state index is 3.42. The number of nitrogens with one attached hydrogen (secondary N) is 1. The molecule has 1 atom stereocenters. The van der Waals surface area contributed by atoms with Gasteiger partial charge in [-0.05, 0) is 50.7 Å². The summed E-state index contributed by atoms with van der Waals surface area (Å²) in [5.41, 5.74) is 2.61. The van der Waals surface area contributed by atoms with E-state index in [-0.39, 0.29) is 0 Å². The maximum Gasteiger partial charge on any atom is 0.139 e. The molecule has 1 unspecified atom stereocenters. The van der Waals surface area contributed by atoms with E-state index < -0.39 is 0 Å². The van der Waals surface area contributed by atoms with Gasteiger partial charge < -0.3 is 15.1 Å². The smallest absolute Gasteiger partial charge is 0.139 e. The first-order chi connectivity index (χ1) is 11.3. The van der Waals surface area contributed by atoms with Crippen LogP contribution in [0.5, 0.6) is 0 Å². The van der Waals surface area contributed by atoms with Crippen LogP contribution in [0.15, 0.2) is 24.3 Å². The molecule has 0 spiro atoms. The topological polar surface area (TPSA) is 18.5 Å². The third-order valence-corrected chi connectivity index (χ3v) is 6.34. The van der Waals surface area contributed by atoms with Gasteiger partial charge in [-0.2, -0.15) is 0 Å². The average molecular weight is 312 g/mol. The van der Waals surface area contributed by atoms with Crippen LogP contribution in [0.1, 0.15) is 51.9 Å². The van der Waals surface area contributed by atoms with Gasteiger partial charge in [0.2, 0.25) is 0 Å². The summed E-state index contributed by atoms with van der Waals surface area (Å²) in [7, 11) is 0. The highest BCUT2D eigenvalue weighted by atomic mass is 15.3. The van der Waals surface area contributed by atoms with Crippen molar-refractivity contribution in [1.82, 2.24) is 4.90 Å². The SMILES string of the molecule is CC(C1CCCCC1)N1CCC(N2[CH]Nc3ccccc32)CC1. The summed E-state index contributed by atoms with van der Waals surface area (Å²) in [6.45, 7) is 7.17. The van der Waals surface area contributed by atoms with Crippen LogP contribution in [0, 0.1) is 12.6 Å². The molecule has 1 saturated carbocycles. The van der Waals surface area contributed by atoms with E-state index in [1.54, 1.807) is 0 Å². The zero-order valence-electron chi connectivity index (χ0n) is 14.4. The molecule has 3 nitrogen and oxygen atoms in total. The molecule has 0 bridgehead atoms. The zero-order valence-corrected chi connectivity index (χ0v) is 14.4. The fourth-order valence-electron chi connectivity index (χ4n) is 4.82. The molecule has 1 aromatic carbocycles. The molecule has 2 aliphatic heterocycles. The first kappa shape index (κ1) is 15.3. The quantitative estimate of drug-likeness (QED) is 0.888. The van der Waals surface area contributed by atoms with E-state index in [2.05, 4.69) is 53.0 Å². The highest BCUT2D eigenvalue weighted by Crippen LogP contribution is 2.37. The number of hydrogen-bond acceptors (Lipinski definition) is 3. The summed E-state index contributed by atoms with van der Waals surface area (Å²) in [5.74, 6) is 0.945. The van der Waals surface area contributed by atoms with Gasteiger partial charge >= 0.3 is 0 Å². The van der Waals surface area contributed by atoms with Gasteiger partial charge in [-0.25, -0.2) is 0 Å². The molecule has 0 aromatic heterocycles. The van der Waals surface area contributed by atoms with Crippen molar-refractivity contribution < 1.29 is 0 Å². The molecule has 4 rings (SSSR count). The normalized spacial score (nSPS) is 25.2. The van der Waals surface area contributed by atoms with E-state index in [0.29, 0.717) is 6.04 Å². The summed E-state index contributed by atoms with van der Waals surface area (Å²) in [4.78, 5) is 5.24. The second-order valence-corrected chi connectivity index (χ2v) is 7.60. The lowest BCUT2D eigenvalue weighted by atomic mass is 9.83. The second-order valence-electron chi connectivity index (χ2n) is 7.60. The molecule has 1 N–H and O–H groups in total. The summed E-state index contributed by atoms with van der Waals surface area (Å²) >= 11 is 0. The van der Waals surface area contributed by atoms with Gasteiger partial charge in [0.05, 0.1) is 11.4 Å². The third kappa shape index (κ3) is 3.08. The Morgan fingerprint density at radius 2 is 1.74 bits per heavy atom. The Morgan fingerprint density at radius 3 is 2.52 bits per heavy atom. The highest BCUT2D eigenvalue weighted by molar-refractivity contribution is 5.77. The van der Waals surface area contributed by atoms with Crippen LogP contribution in [0.3, 0.4) is 0 Å². The van der Waals surface area contributed by atoms with Gasteiger partial charge in [-0.15, -0.1) is 0 Å². The number of para-hydroxylation sites is 2. The van der Waals surface area contributed by atoms with E-state index in [4.69, 9.17) is 0 Å². The molecule has 1 aliphatic carbocycles. The molecule has 1 aromatic rings. The van der Waals surface area contributed by atoms with E-state index in [9.17, 15) is 0 Å². The second kappa shape index (κ2) is 6.72. The van der Waals surface area contributed by atoms with Crippen molar-refractivity contribution in [3.05, 3.63) is 30.9 Å². The minimum atomic E-state index is 0.654. The number of likely N-dealkylation sites (tertiary alicyclic amines) is 1. The van der Waals surface area contributed by atoms with Crippen molar-refractivity contribution >= 4 is 11.4 Å². The minimum absolute atomic E-state index is 0.654. The van der Waals surface area contributed by atoms with Crippen LogP contribution in [0.2, 0.25) is 0 Å². The van der Waals surface area contributed by atoms with Crippen molar-refractivity contribution in [3.63, 3.8) is 0 Å². The van der Waals surface area contributed by atoms with Crippen molar-refractivity contribution in [1.29, 1.82) is 0 Å². The van der Waals surface area contributed by atoms with Crippen molar-refractivity contribution in [2.75, 3.05) is 23.3 Å². The fourth-order valence-corrected chi connectivity index (χ4v) is 4.82. The Morgan fingerprint density at radius 1 is 1.00 bits per heavy atom. The van der Waals surface area contributed by atoms with Gasteiger partial charge in [-0.1, -0.05) is 31.4 Å². The molecular formula is C20H30N3. The Hall–Kier alpha value is -1.22. The lowest BCUT2D eigenvalue weighted by Crippen LogP contribution is -2.48. The number of nitrogens with zero attached hydrogens (tertiary/aromatic N) is 2. The molecule has 125 valence electrons. The first-order valence-corrected chi connectivity index (χ1v) is 9.54. The minimum Gasteiger partial charge on any atom is -0.360 e. The van der Waals surface area contributed by atoms with E-state index >= 15 is 0 Å². The van der Waals surface area contributed by atoms with Crippen molar-refractivity contribution in [3.8, 4) is 0 Å². The molecule has 1 radical (unpaired) electrons. The molecule has 23 heavy (non-hydrogen) atoms. The predicted molar refractivity (Wildman–Crippen MR) is 97.5 cm³/mol. The molecule has 3 heteroatoms. The Balaban J connectivity index is 1.34. The first-order valence-electron chi connectivity index (χ1n) is 9.54. The Bertz CT molecular complexity index is 515. The van der Waals surface area contributed by atoms with E-state index in [0.717, 1.165) is 12.0 Å². The molecule has 3 aliphatic rings. The monoisotopic (exact) mass is 312 g/mol. The predicted octanol–water partition coefficient (Wildman–Crippen LogP) is 4.47. The fraction of sp³-hybridized carbons (Fsp3) is 0.650. The number of hydrogen-bond donors (Lipinski definition) is 1. The van der Waals surface area contributed by atoms with Crippen molar-refractivity contribution in [2.45, 2.75) is 64.0 Å². The lowest BCUT2D eigenvalue weighted by molar-refractivity contribution is 0.102. The van der Waals surface area contributed by atoms with Crippen LogP contribution in [-0.4, -0.2) is 30.1 Å². The van der Waals surface area contributed by atoms with Gasteiger partial charge in [-0.3, -0.25) is 0 Å². The maximum absolute atomic E-state index is 3.42. The lowest BCUT2D eigenvalue weighted by Gasteiger charge is -2.42. The average Bonchev–Trinajstić information content (AvgIpc) is 3.06. The molecule has 1 saturated heterocycles. The summed E-state index contributed by atoms with van der Waals surface area (Å²) < 4.78 is 0. The Labute approximate surface area is 141 Å². The number of benzene rings is 1. The highest BCUT2D eigenvalue weighted by Gasteiger charge is 2.32. The number of rotatable bonds is 3. The van der Waals surface area contributed by atoms with Crippen LogP contribution >= 0.6 is 0 Å². The number of fused-ring (bicyclic) bond motifs is 1. The molecule has 2 fully saturated rings. The number of piperidine rings is 1. The summed E-state index contributed by atoms with van der Waals surface area (Å²) in [6, 6.07) is 10.1. The van der Waals surface area contributed by atoms with Gasteiger partial charge in [0, 0.05) is 25.2 Å². The van der Waals surface area contributed by atoms with E-state index in [1.165, 1.54) is 69.4 Å². The molecule has 0 amide bonds. The van der Waals surface area contributed by atoms with E-state index in [1.807, 2.05) is 0 Å². The number of anilines is 2. The van der Waals surface area contributed by atoms with Gasteiger partial charge in [0.1, 0.15) is 6.67 Å². The van der Waals surface area contributed by atoms with Crippen LogP contribution < -0.4 is 10.2 Å². The largest absolute Gasteiger partial charge is 0.360 e. The van der Waals surface area contributed by atoms with Crippen LogP contribution in [-0.2, 0) is 0 Å². The summed E-state index contributed by atoms with van der Waals surface area (Å²) in [5, 5.41) is 3.42. The zero-order chi connectivity index (χ0) is 15.6. The van der Waals surface area contributed by atoms with Gasteiger partial charge in [0.15, 0.2) is 0 Å². The third-order valence-electron chi connectivity index (χ3n) is 6.34.